The summed E-state index contributed by atoms with van der Waals surface area (Å²) in [5, 5.41) is 0.552. The molecule has 3 heteroatoms. The molecule has 2 rings (SSSR count). The predicted molar refractivity (Wildman–Crippen MR) is 70.6 cm³/mol. The van der Waals surface area contributed by atoms with E-state index in [0.29, 0.717) is 22.5 Å². The Kier molecular flexibility index (Phi) is 3.55. The summed E-state index contributed by atoms with van der Waals surface area (Å²) in [5.41, 5.74) is 0.972. The Labute approximate surface area is 108 Å². The number of nitrogens with zero attached hydrogens (tertiary/aromatic N) is 1. The first-order valence-electron chi connectivity index (χ1n) is 5.98. The summed E-state index contributed by atoms with van der Waals surface area (Å²) in [6.45, 7) is 6.96. The highest BCUT2D eigenvalue weighted by molar-refractivity contribution is 6.34. The number of rotatable bonds is 3. The lowest BCUT2D eigenvalue weighted by atomic mass is 9.93. The molecule has 1 aliphatic rings. The molecule has 1 heterocycles. The lowest BCUT2D eigenvalue weighted by Gasteiger charge is -2.19. The van der Waals surface area contributed by atoms with Crippen molar-refractivity contribution in [3.63, 3.8) is 0 Å². The lowest BCUT2D eigenvalue weighted by molar-refractivity contribution is 0.0940. The number of hydrogen-bond acceptors (Lipinski definition) is 2. The van der Waals surface area contributed by atoms with Crippen LogP contribution >= 0.6 is 11.6 Å². The van der Waals surface area contributed by atoms with Gasteiger partial charge < -0.3 is 0 Å². The van der Waals surface area contributed by atoms with Gasteiger partial charge in [-0.15, -0.1) is 0 Å². The quantitative estimate of drug-likeness (QED) is 0.769. The van der Waals surface area contributed by atoms with Gasteiger partial charge in [0.25, 0.3) is 0 Å². The first-order chi connectivity index (χ1) is 7.98. The van der Waals surface area contributed by atoms with Crippen molar-refractivity contribution in [2.75, 3.05) is 19.6 Å². The molecule has 1 saturated heterocycles. The van der Waals surface area contributed by atoms with Crippen LogP contribution in [0.15, 0.2) is 24.3 Å². The molecule has 92 valence electrons. The van der Waals surface area contributed by atoms with Crippen LogP contribution in [-0.2, 0) is 0 Å². The number of hydrogen-bond donors (Lipinski definition) is 0. The number of carbonyl (C=O) groups excluding carboxylic acids is 1. The van der Waals surface area contributed by atoms with Crippen molar-refractivity contribution in [2.45, 2.75) is 20.3 Å². The second-order valence-electron chi connectivity index (χ2n) is 5.53. The summed E-state index contributed by atoms with van der Waals surface area (Å²) < 4.78 is 0. The van der Waals surface area contributed by atoms with Crippen LogP contribution in [0.4, 0.5) is 0 Å². The molecule has 0 saturated carbocycles. The van der Waals surface area contributed by atoms with Gasteiger partial charge in [0, 0.05) is 12.1 Å². The minimum absolute atomic E-state index is 0.119. The first kappa shape index (κ1) is 12.6. The minimum atomic E-state index is 0.119. The van der Waals surface area contributed by atoms with Gasteiger partial charge in [0.15, 0.2) is 5.78 Å². The summed E-state index contributed by atoms with van der Waals surface area (Å²) in [5.74, 6) is 0.119. The summed E-state index contributed by atoms with van der Waals surface area (Å²) >= 11 is 6.02. The predicted octanol–water partition coefficient (Wildman–Crippen LogP) is 3.25. The van der Waals surface area contributed by atoms with E-state index in [1.807, 2.05) is 12.1 Å². The van der Waals surface area contributed by atoms with Gasteiger partial charge in [-0.2, -0.15) is 0 Å². The number of ketones is 1. The fraction of sp³-hybridized carbons (Fsp3) is 0.500. The molecule has 0 bridgehead atoms. The van der Waals surface area contributed by atoms with E-state index in [0.717, 1.165) is 19.5 Å². The van der Waals surface area contributed by atoms with E-state index in [1.54, 1.807) is 12.1 Å². The Bertz CT molecular complexity index is 428. The second-order valence-corrected chi connectivity index (χ2v) is 5.94. The number of likely N-dealkylation sites (tertiary alicyclic amines) is 1. The van der Waals surface area contributed by atoms with Crippen molar-refractivity contribution in [1.82, 2.24) is 4.90 Å². The topological polar surface area (TPSA) is 20.3 Å². The number of Topliss-reactive ketones (excluding diaryl/α,β-unsaturated/α-hetero) is 1. The van der Waals surface area contributed by atoms with Crippen molar-refractivity contribution in [3.05, 3.63) is 34.9 Å². The Morgan fingerprint density at radius 3 is 2.71 bits per heavy atom. The van der Waals surface area contributed by atoms with E-state index >= 15 is 0 Å². The number of carbonyl (C=O) groups is 1. The summed E-state index contributed by atoms with van der Waals surface area (Å²) in [6.07, 6.45) is 1.16. The van der Waals surface area contributed by atoms with Gasteiger partial charge in [0.2, 0.25) is 0 Å². The Balaban J connectivity index is 2.01. The van der Waals surface area contributed by atoms with Crippen LogP contribution in [0.3, 0.4) is 0 Å². The zero-order valence-electron chi connectivity index (χ0n) is 10.4. The highest BCUT2D eigenvalue weighted by Gasteiger charge is 2.30. The van der Waals surface area contributed by atoms with E-state index in [2.05, 4.69) is 18.7 Å². The molecular weight excluding hydrogens is 234 g/mol. The smallest absolute Gasteiger partial charge is 0.178 e. The van der Waals surface area contributed by atoms with Crippen LogP contribution in [0.1, 0.15) is 30.6 Å². The highest BCUT2D eigenvalue weighted by Crippen LogP contribution is 2.29. The van der Waals surface area contributed by atoms with Gasteiger partial charge in [-0.25, -0.2) is 0 Å². The van der Waals surface area contributed by atoms with Crippen molar-refractivity contribution in [3.8, 4) is 0 Å². The molecule has 1 fully saturated rings. The van der Waals surface area contributed by atoms with Gasteiger partial charge in [-0.1, -0.05) is 37.6 Å². The maximum atomic E-state index is 12.1. The molecule has 0 radical (unpaired) electrons. The van der Waals surface area contributed by atoms with Crippen LogP contribution < -0.4 is 0 Å². The Morgan fingerprint density at radius 1 is 1.41 bits per heavy atom. The summed E-state index contributed by atoms with van der Waals surface area (Å²) in [7, 11) is 0. The monoisotopic (exact) mass is 251 g/mol. The van der Waals surface area contributed by atoms with E-state index in [1.165, 1.54) is 0 Å². The number of benzene rings is 1. The molecule has 1 aromatic carbocycles. The maximum Gasteiger partial charge on any atom is 0.178 e. The molecule has 2 nitrogen and oxygen atoms in total. The third kappa shape index (κ3) is 3.08. The average Bonchev–Trinajstić information content (AvgIpc) is 2.58. The molecule has 1 aliphatic heterocycles. The molecule has 17 heavy (non-hydrogen) atoms. The van der Waals surface area contributed by atoms with Crippen LogP contribution in [0.25, 0.3) is 0 Å². The minimum Gasteiger partial charge on any atom is -0.295 e. The van der Waals surface area contributed by atoms with E-state index < -0.39 is 0 Å². The molecule has 0 aromatic heterocycles. The van der Waals surface area contributed by atoms with Crippen molar-refractivity contribution in [2.24, 2.45) is 5.41 Å². The Morgan fingerprint density at radius 2 is 2.12 bits per heavy atom. The van der Waals surface area contributed by atoms with E-state index in [4.69, 9.17) is 11.6 Å². The Hall–Kier alpha value is -0.860. The molecule has 0 amide bonds. The fourth-order valence-electron chi connectivity index (χ4n) is 2.33. The molecule has 0 spiro atoms. The van der Waals surface area contributed by atoms with Crippen LogP contribution in [0.5, 0.6) is 0 Å². The SMILES string of the molecule is CC1(C)CCN(CC(=O)c2ccccc2Cl)C1. The van der Waals surface area contributed by atoms with Gasteiger partial charge in [0.1, 0.15) is 0 Å². The summed E-state index contributed by atoms with van der Waals surface area (Å²) in [6, 6.07) is 7.26. The third-order valence-electron chi connectivity index (χ3n) is 3.30. The molecular formula is C14H18ClNO. The molecule has 0 N–H and O–H groups in total. The highest BCUT2D eigenvalue weighted by atomic mass is 35.5. The fourth-order valence-corrected chi connectivity index (χ4v) is 2.58. The van der Waals surface area contributed by atoms with Gasteiger partial charge in [0.05, 0.1) is 11.6 Å². The van der Waals surface area contributed by atoms with Gasteiger partial charge in [-0.05, 0) is 30.5 Å². The van der Waals surface area contributed by atoms with Crippen molar-refractivity contribution >= 4 is 17.4 Å². The van der Waals surface area contributed by atoms with Crippen molar-refractivity contribution in [1.29, 1.82) is 0 Å². The van der Waals surface area contributed by atoms with Crippen LogP contribution in [0, 0.1) is 5.41 Å². The normalized spacial score (nSPS) is 19.5. The largest absolute Gasteiger partial charge is 0.295 e. The standard InChI is InChI=1S/C14H18ClNO/c1-14(2)7-8-16(10-14)9-13(17)11-5-3-4-6-12(11)15/h3-6H,7-10H2,1-2H3. The molecule has 0 atom stereocenters. The van der Waals surface area contributed by atoms with E-state index in [9.17, 15) is 4.79 Å². The van der Waals surface area contributed by atoms with Gasteiger partial charge >= 0.3 is 0 Å². The number of halogens is 1. The average molecular weight is 252 g/mol. The first-order valence-corrected chi connectivity index (χ1v) is 6.36. The van der Waals surface area contributed by atoms with E-state index in [-0.39, 0.29) is 5.78 Å². The van der Waals surface area contributed by atoms with Crippen LogP contribution in [0.2, 0.25) is 5.02 Å². The zero-order chi connectivity index (χ0) is 12.5. The summed E-state index contributed by atoms with van der Waals surface area (Å²) in [4.78, 5) is 14.3. The van der Waals surface area contributed by atoms with Crippen LogP contribution in [-0.4, -0.2) is 30.3 Å². The second kappa shape index (κ2) is 4.79. The molecule has 1 aromatic rings. The zero-order valence-corrected chi connectivity index (χ0v) is 11.1. The van der Waals surface area contributed by atoms with Gasteiger partial charge in [-0.3, -0.25) is 9.69 Å². The third-order valence-corrected chi connectivity index (χ3v) is 3.63. The lowest BCUT2D eigenvalue weighted by Crippen LogP contribution is -2.29. The molecule has 0 aliphatic carbocycles. The molecule has 0 unspecified atom stereocenters. The van der Waals surface area contributed by atoms with Crippen molar-refractivity contribution < 1.29 is 4.79 Å². The maximum absolute atomic E-state index is 12.1.